The third-order valence-electron chi connectivity index (χ3n) is 8.44. The van der Waals surface area contributed by atoms with Crippen LogP contribution in [-0.4, -0.2) is 24.9 Å². The van der Waals surface area contributed by atoms with Crippen molar-refractivity contribution in [3.63, 3.8) is 0 Å². The lowest BCUT2D eigenvalue weighted by atomic mass is 10.1. The van der Waals surface area contributed by atoms with Crippen LogP contribution in [0.5, 0.6) is 0 Å². The van der Waals surface area contributed by atoms with E-state index in [1.807, 2.05) is 42.5 Å². The fourth-order valence-electron chi connectivity index (χ4n) is 6.14. The molecule has 5 heteroatoms. The average molecular weight is 588 g/mol. The van der Waals surface area contributed by atoms with E-state index in [0.29, 0.717) is 22.8 Å². The van der Waals surface area contributed by atoms with Crippen LogP contribution in [0, 0.1) is 0 Å². The summed E-state index contributed by atoms with van der Waals surface area (Å²) in [6.45, 7) is 0. The van der Waals surface area contributed by atoms with Crippen LogP contribution < -0.4 is 0 Å². The number of para-hydroxylation sites is 1. The van der Waals surface area contributed by atoms with Crippen molar-refractivity contribution in [1.29, 1.82) is 0 Å². The van der Waals surface area contributed by atoms with Gasteiger partial charge in [0, 0.05) is 32.5 Å². The Kier molecular flexibility index (Phi) is 6.06. The van der Waals surface area contributed by atoms with E-state index in [1.54, 1.807) is 0 Å². The Morgan fingerprint density at radius 1 is 0.304 bits per heavy atom. The molecule has 0 amide bonds. The summed E-state index contributed by atoms with van der Waals surface area (Å²) in [6.07, 6.45) is 0. The van der Waals surface area contributed by atoms with E-state index in [4.69, 9.17) is 24.9 Å². The van der Waals surface area contributed by atoms with Gasteiger partial charge in [-0.15, -0.1) is 0 Å². The highest BCUT2D eigenvalue weighted by atomic mass is 15.0. The van der Waals surface area contributed by atoms with Gasteiger partial charge in [-0.1, -0.05) is 121 Å². The van der Waals surface area contributed by atoms with Gasteiger partial charge in [-0.05, 0) is 51.9 Å². The minimum Gasteiger partial charge on any atom is -0.228 e. The second-order valence-corrected chi connectivity index (χ2v) is 11.4. The van der Waals surface area contributed by atoms with Crippen LogP contribution >= 0.6 is 0 Å². The lowest BCUT2D eigenvalue weighted by Crippen LogP contribution is -1.94. The van der Waals surface area contributed by atoms with Crippen LogP contribution in [0.15, 0.2) is 152 Å². The molecule has 214 valence electrons. The summed E-state index contributed by atoms with van der Waals surface area (Å²) >= 11 is 0. The molecule has 5 nitrogen and oxygen atoms in total. The zero-order chi connectivity index (χ0) is 30.5. The normalized spacial score (nSPS) is 11.5. The van der Waals surface area contributed by atoms with E-state index in [2.05, 4.69) is 109 Å². The molecule has 0 saturated heterocycles. The van der Waals surface area contributed by atoms with Crippen LogP contribution in [0.1, 0.15) is 0 Å². The summed E-state index contributed by atoms with van der Waals surface area (Å²) in [6, 6.07) is 52.0. The van der Waals surface area contributed by atoms with E-state index < -0.39 is 0 Å². The average Bonchev–Trinajstić information content (AvgIpc) is 3.14. The first-order chi connectivity index (χ1) is 22.7. The Morgan fingerprint density at radius 2 is 0.761 bits per heavy atom. The van der Waals surface area contributed by atoms with Gasteiger partial charge in [0.1, 0.15) is 0 Å². The first kappa shape index (κ1) is 26.1. The summed E-state index contributed by atoms with van der Waals surface area (Å²) in [7, 11) is 0. The van der Waals surface area contributed by atoms with Gasteiger partial charge in [0.2, 0.25) is 0 Å². The first-order valence-corrected chi connectivity index (χ1v) is 15.3. The molecule has 0 unspecified atom stereocenters. The molecule has 0 atom stereocenters. The molecule has 0 aliphatic heterocycles. The van der Waals surface area contributed by atoms with Crippen molar-refractivity contribution in [1.82, 2.24) is 24.9 Å². The lowest BCUT2D eigenvalue weighted by Gasteiger charge is -2.05. The molecule has 0 aliphatic carbocycles. The first-order valence-electron chi connectivity index (χ1n) is 15.3. The summed E-state index contributed by atoms with van der Waals surface area (Å²) in [5, 5.41) is 9.10. The topological polar surface area (TPSA) is 64.5 Å². The molecule has 3 aromatic heterocycles. The molecule has 9 rings (SSSR count). The Hall–Kier alpha value is -6.33. The molecule has 0 aliphatic rings. The molecule has 46 heavy (non-hydrogen) atoms. The van der Waals surface area contributed by atoms with Crippen molar-refractivity contribution in [2.45, 2.75) is 0 Å². The van der Waals surface area contributed by atoms with Gasteiger partial charge in [0.15, 0.2) is 22.8 Å². The van der Waals surface area contributed by atoms with Crippen molar-refractivity contribution < 1.29 is 0 Å². The number of nitrogens with zero attached hydrogens (tertiary/aromatic N) is 5. The number of hydrogen-bond donors (Lipinski definition) is 0. The van der Waals surface area contributed by atoms with Crippen LogP contribution in [0.3, 0.4) is 0 Å². The van der Waals surface area contributed by atoms with Crippen LogP contribution in [0.2, 0.25) is 0 Å². The molecular weight excluding hydrogens is 562 g/mol. The van der Waals surface area contributed by atoms with Crippen molar-refractivity contribution in [3.05, 3.63) is 152 Å². The monoisotopic (exact) mass is 587 g/mol. The Morgan fingerprint density at radius 3 is 1.35 bits per heavy atom. The molecule has 12 bridgehead atoms. The second kappa shape index (κ2) is 10.7. The minimum absolute atomic E-state index is 0.623. The Balaban J connectivity index is 1.51. The summed E-state index contributed by atoms with van der Waals surface area (Å²) < 4.78 is 0. The van der Waals surface area contributed by atoms with Crippen molar-refractivity contribution in [3.8, 4) is 11.4 Å². The van der Waals surface area contributed by atoms with Crippen LogP contribution in [0.25, 0.3) is 87.8 Å². The number of aromatic nitrogens is 5. The predicted molar refractivity (Wildman–Crippen MR) is 190 cm³/mol. The standard InChI is InChI=1S/C41H25N5/c1-2-10-26(11-3-1)38-44-40-33-18-8-13-28(24-33)27-12-6-16-31(22-27)37-35-20-4-5-21-36(35)42-39(43-37)32-17-7-14-29(23-32)30-15-9-19-34(25-30)41(45-38)46-40/h1-25H. The summed E-state index contributed by atoms with van der Waals surface area (Å²) in [5.41, 5.74) is 4.69. The molecule has 6 aromatic carbocycles. The molecule has 0 N–H and O–H groups in total. The largest absolute Gasteiger partial charge is 0.228 e. The fourth-order valence-corrected chi connectivity index (χ4v) is 6.14. The van der Waals surface area contributed by atoms with Gasteiger partial charge in [-0.25, -0.2) is 24.9 Å². The van der Waals surface area contributed by atoms with Gasteiger partial charge in [0.25, 0.3) is 0 Å². The molecule has 0 saturated carbocycles. The maximum Gasteiger partial charge on any atom is 0.164 e. The van der Waals surface area contributed by atoms with Crippen LogP contribution in [0.4, 0.5) is 0 Å². The zero-order valence-corrected chi connectivity index (χ0v) is 24.7. The number of fused-ring (bicyclic) bond motifs is 20. The Bertz CT molecular complexity index is 2760. The van der Waals surface area contributed by atoms with E-state index >= 15 is 0 Å². The highest BCUT2D eigenvalue weighted by Gasteiger charge is 2.08. The smallest absolute Gasteiger partial charge is 0.164 e. The van der Waals surface area contributed by atoms with Crippen molar-refractivity contribution in [2.75, 3.05) is 0 Å². The molecular formula is C41H25N5. The molecule has 9 aromatic rings. The van der Waals surface area contributed by atoms with Gasteiger partial charge in [0.05, 0.1) is 11.0 Å². The van der Waals surface area contributed by atoms with Gasteiger partial charge in [-0.3, -0.25) is 0 Å². The number of rotatable bonds is 1. The van der Waals surface area contributed by atoms with Crippen molar-refractivity contribution in [2.24, 2.45) is 0 Å². The van der Waals surface area contributed by atoms with E-state index in [9.17, 15) is 0 Å². The molecule has 0 radical (unpaired) electrons. The highest BCUT2D eigenvalue weighted by Crippen LogP contribution is 2.27. The van der Waals surface area contributed by atoms with Gasteiger partial charge in [-0.2, -0.15) is 0 Å². The third-order valence-corrected chi connectivity index (χ3v) is 8.44. The predicted octanol–water partition coefficient (Wildman–Crippen LogP) is 10.1. The Labute approximate surface area is 263 Å². The van der Waals surface area contributed by atoms with E-state index in [1.165, 1.54) is 0 Å². The highest BCUT2D eigenvalue weighted by molar-refractivity contribution is 6.06. The number of benzene rings is 6. The fraction of sp³-hybridized carbons (Fsp3) is 0. The number of hydrogen-bond acceptors (Lipinski definition) is 5. The maximum absolute atomic E-state index is 5.19. The molecule has 0 fully saturated rings. The van der Waals surface area contributed by atoms with Crippen molar-refractivity contribution >= 4 is 76.5 Å². The quantitative estimate of drug-likeness (QED) is 0.191. The molecule has 3 heterocycles. The van der Waals surface area contributed by atoms with Gasteiger partial charge >= 0.3 is 0 Å². The van der Waals surface area contributed by atoms with E-state index in [0.717, 1.165) is 65.1 Å². The summed E-state index contributed by atoms with van der Waals surface area (Å²) in [5.74, 6) is 0.636. The SMILES string of the molecule is c1ccc(-c2nc3nc(n2)c2cccc(c2)c2cccc(c2)c2nc(nc4ccccc42)c2cccc(c2)c2cccc3c2)cc1. The zero-order valence-electron chi connectivity index (χ0n) is 24.7. The minimum atomic E-state index is 0.623. The van der Waals surface area contributed by atoms with Crippen LogP contribution in [-0.2, 0) is 0 Å². The van der Waals surface area contributed by atoms with Gasteiger partial charge < -0.3 is 0 Å². The maximum atomic E-state index is 5.19. The molecule has 0 spiro atoms. The second-order valence-electron chi connectivity index (χ2n) is 11.4. The van der Waals surface area contributed by atoms with E-state index in [-0.39, 0.29) is 0 Å². The third kappa shape index (κ3) is 4.62. The lowest BCUT2D eigenvalue weighted by molar-refractivity contribution is 1.18. The summed E-state index contributed by atoms with van der Waals surface area (Å²) in [4.78, 5) is 25.2.